The van der Waals surface area contributed by atoms with Crippen LogP contribution >= 0.6 is 11.3 Å². The van der Waals surface area contributed by atoms with Gasteiger partial charge in [-0.1, -0.05) is 18.2 Å². The molecule has 2 aromatic heterocycles. The lowest BCUT2D eigenvalue weighted by Gasteiger charge is -2.29. The number of ether oxygens (including phenoxy) is 1. The second-order valence-electron chi connectivity index (χ2n) is 9.14. The molecule has 4 aromatic rings. The van der Waals surface area contributed by atoms with E-state index in [4.69, 9.17) is 9.72 Å². The molecule has 6 rings (SSSR count). The molecule has 0 atom stereocenters. The predicted molar refractivity (Wildman–Crippen MR) is 138 cm³/mol. The van der Waals surface area contributed by atoms with E-state index < -0.39 is 0 Å². The van der Waals surface area contributed by atoms with Crippen LogP contribution in [0.5, 0.6) is 0 Å². The summed E-state index contributed by atoms with van der Waals surface area (Å²) in [7, 11) is 0. The Morgan fingerprint density at radius 2 is 1.86 bits per heavy atom. The minimum atomic E-state index is -0.259. The first-order chi connectivity index (χ1) is 17.0. The van der Waals surface area contributed by atoms with Gasteiger partial charge in [-0.25, -0.2) is 14.8 Å². The van der Waals surface area contributed by atoms with Gasteiger partial charge in [0.1, 0.15) is 12.4 Å². The Hall–Kier alpha value is -3.65. The number of fused-ring (bicyclic) bond motifs is 1. The molecule has 2 aliphatic heterocycles. The molecular formula is C27H27N5O2S. The summed E-state index contributed by atoms with van der Waals surface area (Å²) in [5.74, 6) is 0.998. The van der Waals surface area contributed by atoms with Crippen molar-refractivity contribution in [3.63, 3.8) is 0 Å². The maximum atomic E-state index is 12.0. The summed E-state index contributed by atoms with van der Waals surface area (Å²) in [5, 5.41) is 1.05. The molecule has 0 bridgehead atoms. The molecule has 1 saturated heterocycles. The molecule has 7 nitrogen and oxygen atoms in total. The maximum absolute atomic E-state index is 12.0. The Morgan fingerprint density at radius 1 is 1.03 bits per heavy atom. The number of hydrogen-bond acceptors (Lipinski definition) is 6. The monoisotopic (exact) mass is 485 g/mol. The smallest absolute Gasteiger partial charge is 0.414 e. The number of aromatic nitrogens is 3. The minimum absolute atomic E-state index is 0.259. The van der Waals surface area contributed by atoms with Crippen molar-refractivity contribution in [2.45, 2.75) is 33.2 Å². The molecule has 178 valence electrons. The summed E-state index contributed by atoms with van der Waals surface area (Å²) >= 11 is 1.76. The summed E-state index contributed by atoms with van der Waals surface area (Å²) in [5.41, 5.74) is 6.94. The summed E-state index contributed by atoms with van der Waals surface area (Å²) in [6, 6.07) is 15.0. The largest absolute Gasteiger partial charge is 0.447 e. The van der Waals surface area contributed by atoms with Gasteiger partial charge in [0, 0.05) is 48.2 Å². The molecule has 4 heterocycles. The van der Waals surface area contributed by atoms with Crippen LogP contribution in [0, 0.1) is 13.8 Å². The fourth-order valence-corrected chi connectivity index (χ4v) is 5.85. The van der Waals surface area contributed by atoms with E-state index in [1.165, 1.54) is 21.6 Å². The van der Waals surface area contributed by atoms with E-state index in [2.05, 4.69) is 57.0 Å². The molecule has 0 aliphatic carbocycles. The predicted octanol–water partition coefficient (Wildman–Crippen LogP) is 5.06. The molecule has 2 aliphatic rings. The maximum Gasteiger partial charge on any atom is 0.414 e. The third-order valence-corrected chi connectivity index (χ3v) is 7.74. The lowest BCUT2D eigenvalue weighted by atomic mass is 9.99. The molecule has 1 fully saturated rings. The highest BCUT2D eigenvalue weighted by atomic mass is 32.1. The zero-order valence-electron chi connectivity index (χ0n) is 19.9. The first-order valence-corrected chi connectivity index (χ1v) is 12.7. The SMILES string of the molecule is Cc1cn(-c2ccc(Cc3cnc(N4CCc5ccc(N6CCOC6=O)cc5C4)s3)cc2)c(C)n1. The van der Waals surface area contributed by atoms with E-state index in [9.17, 15) is 4.79 Å². The minimum Gasteiger partial charge on any atom is -0.447 e. The number of anilines is 2. The van der Waals surface area contributed by atoms with Crippen LogP contribution in [-0.4, -0.2) is 40.3 Å². The van der Waals surface area contributed by atoms with Crippen molar-refractivity contribution in [3.8, 4) is 5.69 Å². The number of aryl methyl sites for hydroxylation is 2. The Labute approximate surface area is 208 Å². The number of imidazole rings is 1. The number of rotatable bonds is 5. The zero-order valence-corrected chi connectivity index (χ0v) is 20.7. The van der Waals surface area contributed by atoms with Crippen molar-refractivity contribution < 1.29 is 9.53 Å². The second kappa shape index (κ2) is 8.85. The van der Waals surface area contributed by atoms with E-state index in [0.717, 1.165) is 54.0 Å². The Balaban J connectivity index is 1.15. The highest BCUT2D eigenvalue weighted by Gasteiger charge is 2.26. The first kappa shape index (κ1) is 21.9. The van der Waals surface area contributed by atoms with Crippen LogP contribution in [0.3, 0.4) is 0 Å². The average molecular weight is 486 g/mol. The zero-order chi connectivity index (χ0) is 23.9. The quantitative estimate of drug-likeness (QED) is 0.396. The van der Waals surface area contributed by atoms with Gasteiger partial charge in [-0.2, -0.15) is 0 Å². The molecule has 8 heteroatoms. The van der Waals surface area contributed by atoms with Crippen LogP contribution in [0.4, 0.5) is 15.6 Å². The van der Waals surface area contributed by atoms with Gasteiger partial charge in [-0.15, -0.1) is 11.3 Å². The number of benzene rings is 2. The fraction of sp³-hybridized carbons (Fsp3) is 0.296. The third kappa shape index (κ3) is 4.30. The topological polar surface area (TPSA) is 63.5 Å². The fourth-order valence-electron chi connectivity index (χ4n) is 4.88. The highest BCUT2D eigenvalue weighted by Crippen LogP contribution is 2.32. The van der Waals surface area contributed by atoms with Crippen molar-refractivity contribution in [3.05, 3.63) is 87.9 Å². The molecule has 1 amide bonds. The summed E-state index contributed by atoms with van der Waals surface area (Å²) in [6.07, 6.45) is 5.65. The van der Waals surface area contributed by atoms with E-state index in [-0.39, 0.29) is 6.09 Å². The molecule has 0 saturated carbocycles. The van der Waals surface area contributed by atoms with Gasteiger partial charge in [0.05, 0.1) is 12.2 Å². The number of carbonyl (C=O) groups excluding carboxylic acids is 1. The molecule has 2 aromatic carbocycles. The number of amides is 1. The van der Waals surface area contributed by atoms with E-state index in [1.54, 1.807) is 16.2 Å². The van der Waals surface area contributed by atoms with Crippen LogP contribution in [0.1, 0.15) is 33.1 Å². The molecular weight excluding hydrogens is 458 g/mol. The van der Waals surface area contributed by atoms with Gasteiger partial charge < -0.3 is 14.2 Å². The van der Waals surface area contributed by atoms with Crippen molar-refractivity contribution >= 4 is 28.2 Å². The molecule has 35 heavy (non-hydrogen) atoms. The summed E-state index contributed by atoms with van der Waals surface area (Å²) in [6.45, 7) is 6.86. The number of nitrogens with zero attached hydrogens (tertiary/aromatic N) is 5. The Bertz CT molecular complexity index is 1390. The molecule has 0 unspecified atom stereocenters. The first-order valence-electron chi connectivity index (χ1n) is 11.9. The number of thiazole rings is 1. The van der Waals surface area contributed by atoms with E-state index in [0.29, 0.717) is 13.2 Å². The lowest BCUT2D eigenvalue weighted by molar-refractivity contribution is 0.181. The van der Waals surface area contributed by atoms with Crippen molar-refractivity contribution in [2.75, 3.05) is 29.5 Å². The Morgan fingerprint density at radius 3 is 2.60 bits per heavy atom. The van der Waals surface area contributed by atoms with Gasteiger partial charge in [0.25, 0.3) is 0 Å². The number of carbonyl (C=O) groups is 1. The normalized spacial score (nSPS) is 15.4. The number of cyclic esters (lactones) is 1. The van der Waals surface area contributed by atoms with Crippen LogP contribution in [0.2, 0.25) is 0 Å². The van der Waals surface area contributed by atoms with Gasteiger partial charge >= 0.3 is 6.09 Å². The van der Waals surface area contributed by atoms with Crippen LogP contribution < -0.4 is 9.80 Å². The van der Waals surface area contributed by atoms with Gasteiger partial charge in [0.2, 0.25) is 0 Å². The van der Waals surface area contributed by atoms with Crippen molar-refractivity contribution in [2.24, 2.45) is 0 Å². The van der Waals surface area contributed by atoms with Gasteiger partial charge in [0.15, 0.2) is 5.13 Å². The average Bonchev–Trinajstić information content (AvgIpc) is 3.59. The van der Waals surface area contributed by atoms with E-state index in [1.807, 2.05) is 26.1 Å². The second-order valence-corrected chi connectivity index (χ2v) is 10.2. The lowest BCUT2D eigenvalue weighted by Crippen LogP contribution is -2.31. The Kier molecular flexibility index (Phi) is 5.53. The molecule has 0 N–H and O–H groups in total. The molecule has 0 spiro atoms. The van der Waals surface area contributed by atoms with Crippen molar-refractivity contribution in [1.82, 2.24) is 14.5 Å². The van der Waals surface area contributed by atoms with Crippen LogP contribution in [0.25, 0.3) is 5.69 Å². The third-order valence-electron chi connectivity index (χ3n) is 6.68. The van der Waals surface area contributed by atoms with Gasteiger partial charge in [-0.05, 0) is 61.2 Å². The van der Waals surface area contributed by atoms with E-state index >= 15 is 0 Å². The van der Waals surface area contributed by atoms with Crippen molar-refractivity contribution in [1.29, 1.82) is 0 Å². The highest BCUT2D eigenvalue weighted by molar-refractivity contribution is 7.15. The van der Waals surface area contributed by atoms with Crippen LogP contribution in [0.15, 0.2) is 54.9 Å². The van der Waals surface area contributed by atoms with Crippen LogP contribution in [-0.2, 0) is 24.1 Å². The molecule has 0 radical (unpaired) electrons. The standard InChI is InChI=1S/C27H27N5O2S/c1-18-16-32(19(2)29-18)23-6-3-20(4-7-23)13-25-15-28-26(35-25)30-10-9-21-5-8-24(14-22(21)17-30)31-11-12-34-27(31)33/h3-8,14-16H,9-13,17H2,1-2H3. The summed E-state index contributed by atoms with van der Waals surface area (Å²) in [4.78, 5) is 26.5. The van der Waals surface area contributed by atoms with Gasteiger partial charge in [-0.3, -0.25) is 4.90 Å². The number of hydrogen-bond donors (Lipinski definition) is 0. The summed E-state index contributed by atoms with van der Waals surface area (Å²) < 4.78 is 7.23.